The first-order valence-electron chi connectivity index (χ1n) is 7.18. The van der Waals surface area contributed by atoms with Crippen LogP contribution < -0.4 is 0 Å². The molecule has 0 bridgehead atoms. The average Bonchev–Trinajstić information content (AvgIpc) is 2.38. The molecule has 0 aromatic heterocycles. The minimum absolute atomic E-state index is 0.0794. The van der Waals surface area contributed by atoms with Crippen molar-refractivity contribution in [1.29, 1.82) is 0 Å². The number of likely N-dealkylation sites (tertiary alicyclic amines) is 1. The maximum absolute atomic E-state index is 12.9. The molecule has 1 fully saturated rings. The molecule has 0 radical (unpaired) electrons. The van der Waals surface area contributed by atoms with Crippen LogP contribution in [0.1, 0.15) is 38.7 Å². The minimum Gasteiger partial charge on any atom is -0.444 e. The second-order valence-corrected chi connectivity index (χ2v) is 6.44. The monoisotopic (exact) mass is 295 g/mol. The van der Waals surface area contributed by atoms with Gasteiger partial charge >= 0.3 is 6.09 Å². The molecule has 1 aromatic carbocycles. The molecule has 116 valence electrons. The topological polar surface area (TPSA) is 49.8 Å². The predicted octanol–water partition coefficient (Wildman–Crippen LogP) is 2.91. The molecule has 5 heteroatoms. The highest BCUT2D eigenvalue weighted by molar-refractivity contribution is 5.68. The van der Waals surface area contributed by atoms with Crippen LogP contribution >= 0.6 is 0 Å². The maximum Gasteiger partial charge on any atom is 0.410 e. The van der Waals surface area contributed by atoms with Crippen molar-refractivity contribution >= 4 is 6.09 Å². The Hall–Kier alpha value is -1.62. The quantitative estimate of drug-likeness (QED) is 0.866. The fourth-order valence-corrected chi connectivity index (χ4v) is 2.52. The van der Waals surface area contributed by atoms with E-state index < -0.39 is 17.8 Å². The number of halogens is 1. The lowest BCUT2D eigenvalue weighted by molar-refractivity contribution is -0.00152. The molecule has 0 spiro atoms. The molecule has 1 saturated heterocycles. The number of amides is 1. The summed E-state index contributed by atoms with van der Waals surface area (Å²) in [7, 11) is 0. The lowest BCUT2D eigenvalue weighted by atomic mass is 9.87. The standard InChI is InChI=1S/C16H22FNO3/c1-16(2,3)21-15(20)18-9-8-13(14(19)10-18)11-4-6-12(17)7-5-11/h4-7,13-14,19H,8-10H2,1-3H3/t13-,14-/m1/s1. The molecule has 1 aromatic rings. The lowest BCUT2D eigenvalue weighted by Crippen LogP contribution is -2.47. The van der Waals surface area contributed by atoms with E-state index in [1.807, 2.05) is 20.8 Å². The number of carbonyl (C=O) groups is 1. The second-order valence-electron chi connectivity index (χ2n) is 6.44. The molecule has 1 N–H and O–H groups in total. The number of nitrogens with zero attached hydrogens (tertiary/aromatic N) is 1. The number of carbonyl (C=O) groups excluding carboxylic acids is 1. The Bertz CT molecular complexity index is 495. The van der Waals surface area contributed by atoms with Crippen LogP contribution in [0.25, 0.3) is 0 Å². The summed E-state index contributed by atoms with van der Waals surface area (Å²) in [6, 6.07) is 6.16. The Morgan fingerprint density at radius 1 is 1.33 bits per heavy atom. The molecule has 0 unspecified atom stereocenters. The molecule has 0 aliphatic carbocycles. The van der Waals surface area contributed by atoms with E-state index in [2.05, 4.69) is 0 Å². The maximum atomic E-state index is 12.9. The van der Waals surface area contributed by atoms with Crippen LogP contribution in [-0.2, 0) is 4.74 Å². The van der Waals surface area contributed by atoms with Gasteiger partial charge in [-0.25, -0.2) is 9.18 Å². The van der Waals surface area contributed by atoms with Gasteiger partial charge in [-0.3, -0.25) is 0 Å². The van der Waals surface area contributed by atoms with Crippen molar-refractivity contribution in [1.82, 2.24) is 4.90 Å². The summed E-state index contributed by atoms with van der Waals surface area (Å²) in [5.41, 5.74) is 0.350. The van der Waals surface area contributed by atoms with Gasteiger partial charge in [-0.1, -0.05) is 12.1 Å². The van der Waals surface area contributed by atoms with Crippen LogP contribution in [0.15, 0.2) is 24.3 Å². The van der Waals surface area contributed by atoms with Crippen molar-refractivity contribution < 1.29 is 19.0 Å². The zero-order chi connectivity index (χ0) is 15.6. The van der Waals surface area contributed by atoms with Gasteiger partial charge in [0.25, 0.3) is 0 Å². The number of β-amino-alcohol motifs (C(OH)–C–C–N with tert-alkyl or cyclic N) is 1. The molecule has 1 aliphatic heterocycles. The summed E-state index contributed by atoms with van der Waals surface area (Å²) < 4.78 is 18.3. The highest BCUT2D eigenvalue weighted by Gasteiger charge is 2.33. The number of hydrogen-bond donors (Lipinski definition) is 1. The Morgan fingerprint density at radius 2 is 1.95 bits per heavy atom. The van der Waals surface area contributed by atoms with E-state index in [4.69, 9.17) is 4.74 Å². The molecule has 2 atom stereocenters. The predicted molar refractivity (Wildman–Crippen MR) is 77.6 cm³/mol. The van der Waals surface area contributed by atoms with Crippen molar-refractivity contribution in [3.8, 4) is 0 Å². The van der Waals surface area contributed by atoms with E-state index in [-0.39, 0.29) is 18.3 Å². The molecule has 1 heterocycles. The van der Waals surface area contributed by atoms with Crippen LogP contribution in [-0.4, -0.2) is 40.9 Å². The molecule has 2 rings (SSSR count). The number of hydrogen-bond acceptors (Lipinski definition) is 3. The summed E-state index contributed by atoms with van der Waals surface area (Å²) in [6.45, 7) is 6.19. The fourth-order valence-electron chi connectivity index (χ4n) is 2.52. The first-order valence-corrected chi connectivity index (χ1v) is 7.18. The van der Waals surface area contributed by atoms with Gasteiger partial charge in [0.2, 0.25) is 0 Å². The molecular weight excluding hydrogens is 273 g/mol. The third-order valence-electron chi connectivity index (χ3n) is 3.53. The third-order valence-corrected chi connectivity index (χ3v) is 3.53. The number of rotatable bonds is 1. The van der Waals surface area contributed by atoms with Gasteiger partial charge in [0.15, 0.2) is 0 Å². The van der Waals surface area contributed by atoms with Crippen LogP contribution in [0.3, 0.4) is 0 Å². The van der Waals surface area contributed by atoms with Gasteiger partial charge in [-0.15, -0.1) is 0 Å². The summed E-state index contributed by atoms with van der Waals surface area (Å²) in [5.74, 6) is -0.372. The van der Waals surface area contributed by atoms with E-state index in [9.17, 15) is 14.3 Å². The van der Waals surface area contributed by atoms with Gasteiger partial charge < -0.3 is 14.7 Å². The van der Waals surface area contributed by atoms with E-state index in [0.717, 1.165) is 5.56 Å². The Labute approximate surface area is 124 Å². The van der Waals surface area contributed by atoms with Crippen LogP contribution in [0.5, 0.6) is 0 Å². The van der Waals surface area contributed by atoms with Crippen LogP contribution in [0.2, 0.25) is 0 Å². The molecule has 1 amide bonds. The zero-order valence-electron chi connectivity index (χ0n) is 12.7. The first-order chi connectivity index (χ1) is 9.76. The number of benzene rings is 1. The van der Waals surface area contributed by atoms with Crippen LogP contribution in [0.4, 0.5) is 9.18 Å². The largest absolute Gasteiger partial charge is 0.444 e. The Kier molecular flexibility index (Phi) is 4.52. The van der Waals surface area contributed by atoms with Crippen molar-refractivity contribution in [3.63, 3.8) is 0 Å². The third kappa shape index (κ3) is 4.17. The van der Waals surface area contributed by atoms with E-state index in [1.54, 1.807) is 12.1 Å². The highest BCUT2D eigenvalue weighted by Crippen LogP contribution is 2.29. The minimum atomic E-state index is -0.670. The van der Waals surface area contributed by atoms with Gasteiger partial charge in [-0.2, -0.15) is 0 Å². The molecule has 4 nitrogen and oxygen atoms in total. The summed E-state index contributed by atoms with van der Waals surface area (Å²) in [4.78, 5) is 13.5. The molecule has 1 aliphatic rings. The molecule has 0 saturated carbocycles. The first kappa shape index (κ1) is 15.8. The number of ether oxygens (including phenoxy) is 1. The van der Waals surface area contributed by atoms with Crippen molar-refractivity contribution in [2.75, 3.05) is 13.1 Å². The van der Waals surface area contributed by atoms with Gasteiger partial charge in [0.1, 0.15) is 11.4 Å². The van der Waals surface area contributed by atoms with Crippen molar-refractivity contribution in [2.24, 2.45) is 0 Å². The number of piperidine rings is 1. The second kappa shape index (κ2) is 6.02. The number of aliphatic hydroxyl groups excluding tert-OH is 1. The SMILES string of the molecule is CC(C)(C)OC(=O)N1CC[C@H](c2ccc(F)cc2)[C@H](O)C1. The summed E-state index contributed by atoms with van der Waals surface area (Å²) >= 11 is 0. The normalized spacial score (nSPS) is 23.0. The van der Waals surface area contributed by atoms with Gasteiger partial charge in [0, 0.05) is 12.5 Å². The lowest BCUT2D eigenvalue weighted by Gasteiger charge is -2.36. The van der Waals surface area contributed by atoms with E-state index >= 15 is 0 Å². The highest BCUT2D eigenvalue weighted by atomic mass is 19.1. The van der Waals surface area contributed by atoms with Gasteiger partial charge in [-0.05, 0) is 44.9 Å². The fraction of sp³-hybridized carbons (Fsp3) is 0.562. The van der Waals surface area contributed by atoms with Crippen molar-refractivity contribution in [3.05, 3.63) is 35.6 Å². The number of aliphatic hydroxyl groups is 1. The molecule has 21 heavy (non-hydrogen) atoms. The smallest absolute Gasteiger partial charge is 0.410 e. The molecular formula is C16H22FNO3. The van der Waals surface area contributed by atoms with Gasteiger partial charge in [0.05, 0.1) is 12.6 Å². The van der Waals surface area contributed by atoms with E-state index in [1.165, 1.54) is 17.0 Å². The Balaban J connectivity index is 1.99. The van der Waals surface area contributed by atoms with Crippen LogP contribution in [0, 0.1) is 5.82 Å². The van der Waals surface area contributed by atoms with Crippen molar-refractivity contribution in [2.45, 2.75) is 44.8 Å². The summed E-state index contributed by atoms with van der Waals surface area (Å²) in [6.07, 6.45) is -0.442. The van der Waals surface area contributed by atoms with E-state index in [0.29, 0.717) is 13.0 Å². The summed E-state index contributed by atoms with van der Waals surface area (Å²) in [5, 5.41) is 10.3. The zero-order valence-corrected chi connectivity index (χ0v) is 12.7. The average molecular weight is 295 g/mol. The Morgan fingerprint density at radius 3 is 2.48 bits per heavy atom.